The SMILES string of the molecule is CCc1cccc2c(C(=O)CSc3nnc(-c4cccc(Br)c4)o3)c[nH]c12. The number of benzene rings is 2. The van der Waals surface area contributed by atoms with E-state index in [9.17, 15) is 4.79 Å². The Bertz CT molecular complexity index is 1120. The first-order valence-electron chi connectivity index (χ1n) is 8.50. The Labute approximate surface area is 168 Å². The predicted octanol–water partition coefficient (Wildman–Crippen LogP) is 5.52. The van der Waals surface area contributed by atoms with E-state index in [-0.39, 0.29) is 11.5 Å². The van der Waals surface area contributed by atoms with Crippen molar-refractivity contribution in [2.24, 2.45) is 0 Å². The third kappa shape index (κ3) is 3.70. The van der Waals surface area contributed by atoms with Crippen LogP contribution in [0.15, 0.2) is 62.8 Å². The Morgan fingerprint density at radius 3 is 2.89 bits per heavy atom. The number of ketones is 1. The molecular weight excluding hydrogens is 426 g/mol. The van der Waals surface area contributed by atoms with Crippen LogP contribution in [0.4, 0.5) is 0 Å². The molecule has 0 saturated carbocycles. The molecule has 0 aliphatic heterocycles. The first-order chi connectivity index (χ1) is 13.2. The lowest BCUT2D eigenvalue weighted by Crippen LogP contribution is -2.01. The van der Waals surface area contributed by atoms with E-state index in [4.69, 9.17) is 4.42 Å². The summed E-state index contributed by atoms with van der Waals surface area (Å²) in [4.78, 5) is 15.9. The maximum atomic E-state index is 12.7. The summed E-state index contributed by atoms with van der Waals surface area (Å²) in [5.74, 6) is 0.705. The highest BCUT2D eigenvalue weighted by molar-refractivity contribution is 9.10. The molecule has 7 heteroatoms. The Morgan fingerprint density at radius 2 is 2.07 bits per heavy atom. The summed E-state index contributed by atoms with van der Waals surface area (Å²) in [6.45, 7) is 2.10. The molecule has 0 aliphatic carbocycles. The Morgan fingerprint density at radius 1 is 1.22 bits per heavy atom. The monoisotopic (exact) mass is 441 g/mol. The molecule has 0 amide bonds. The molecule has 0 radical (unpaired) electrons. The molecule has 2 aromatic heterocycles. The Hall–Kier alpha value is -2.38. The number of rotatable bonds is 6. The van der Waals surface area contributed by atoms with Gasteiger partial charge in [-0.25, -0.2) is 0 Å². The normalized spacial score (nSPS) is 11.2. The molecule has 1 N–H and O–H groups in total. The topological polar surface area (TPSA) is 71.8 Å². The number of aryl methyl sites for hydroxylation is 1. The van der Waals surface area contributed by atoms with Gasteiger partial charge in [0.2, 0.25) is 5.89 Å². The Balaban J connectivity index is 1.49. The summed E-state index contributed by atoms with van der Waals surface area (Å²) in [5.41, 5.74) is 3.76. The van der Waals surface area contributed by atoms with Crippen molar-refractivity contribution >= 4 is 44.4 Å². The van der Waals surface area contributed by atoms with Gasteiger partial charge in [-0.2, -0.15) is 0 Å². The van der Waals surface area contributed by atoms with Crippen LogP contribution in [0.25, 0.3) is 22.4 Å². The minimum atomic E-state index is 0.0294. The number of fused-ring (bicyclic) bond motifs is 1. The van der Waals surface area contributed by atoms with Crippen LogP contribution in [-0.2, 0) is 6.42 Å². The summed E-state index contributed by atoms with van der Waals surface area (Å²) in [6.07, 6.45) is 2.70. The summed E-state index contributed by atoms with van der Waals surface area (Å²) in [5, 5.41) is 9.44. The first kappa shape index (κ1) is 18.0. The van der Waals surface area contributed by atoms with Gasteiger partial charge in [-0.05, 0) is 30.2 Å². The molecule has 0 unspecified atom stereocenters. The molecule has 0 atom stereocenters. The second-order valence-electron chi connectivity index (χ2n) is 5.99. The van der Waals surface area contributed by atoms with Gasteiger partial charge in [0.05, 0.1) is 5.75 Å². The number of para-hydroxylation sites is 1. The van der Waals surface area contributed by atoms with E-state index in [1.54, 1.807) is 6.20 Å². The molecule has 0 saturated heterocycles. The average Bonchev–Trinajstić information content (AvgIpc) is 3.33. The number of nitrogens with zero attached hydrogens (tertiary/aromatic N) is 2. The van der Waals surface area contributed by atoms with Crippen LogP contribution in [0.3, 0.4) is 0 Å². The molecule has 27 heavy (non-hydrogen) atoms. The third-order valence-electron chi connectivity index (χ3n) is 4.29. The lowest BCUT2D eigenvalue weighted by Gasteiger charge is -2.00. The standard InChI is InChI=1S/C20H16BrN3O2S/c1-2-12-5-4-8-15-16(10-22-18(12)15)17(25)11-27-20-24-23-19(26-20)13-6-3-7-14(21)9-13/h3-10,22H,2,11H2,1H3. The van der Waals surface area contributed by atoms with Gasteiger partial charge in [0.25, 0.3) is 5.22 Å². The van der Waals surface area contributed by atoms with Crippen LogP contribution in [0.1, 0.15) is 22.8 Å². The number of thioether (sulfide) groups is 1. The number of carbonyl (C=O) groups excluding carboxylic acids is 1. The summed E-state index contributed by atoms with van der Waals surface area (Å²) in [7, 11) is 0. The maximum absolute atomic E-state index is 12.7. The lowest BCUT2D eigenvalue weighted by molar-refractivity contribution is 0.102. The molecule has 0 bridgehead atoms. The van der Waals surface area contributed by atoms with Gasteiger partial charge in [-0.3, -0.25) is 4.79 Å². The van der Waals surface area contributed by atoms with Crippen LogP contribution < -0.4 is 0 Å². The zero-order valence-corrected chi connectivity index (χ0v) is 16.9. The molecule has 2 aromatic carbocycles. The third-order valence-corrected chi connectivity index (χ3v) is 5.60. The van der Waals surface area contributed by atoms with Gasteiger partial charge in [0, 0.05) is 32.7 Å². The van der Waals surface area contributed by atoms with Crippen molar-refractivity contribution in [3.63, 3.8) is 0 Å². The van der Waals surface area contributed by atoms with Gasteiger partial charge >= 0.3 is 0 Å². The molecule has 5 nitrogen and oxygen atoms in total. The number of Topliss-reactive ketones (excluding diaryl/α,β-unsaturated/α-hetero) is 1. The molecule has 2 heterocycles. The van der Waals surface area contributed by atoms with E-state index < -0.39 is 0 Å². The predicted molar refractivity (Wildman–Crippen MR) is 110 cm³/mol. The summed E-state index contributed by atoms with van der Waals surface area (Å²) in [6, 6.07) is 13.7. The second-order valence-corrected chi connectivity index (χ2v) is 7.83. The molecular formula is C20H16BrN3O2S. The van der Waals surface area contributed by atoms with Crippen molar-refractivity contribution in [2.75, 3.05) is 5.75 Å². The van der Waals surface area contributed by atoms with Crippen molar-refractivity contribution in [1.29, 1.82) is 0 Å². The van der Waals surface area contributed by atoms with Gasteiger partial charge in [0.15, 0.2) is 5.78 Å². The van der Waals surface area contributed by atoms with Crippen LogP contribution >= 0.6 is 27.7 Å². The summed E-state index contributed by atoms with van der Waals surface area (Å²) >= 11 is 4.67. The minimum Gasteiger partial charge on any atom is -0.411 e. The highest BCUT2D eigenvalue weighted by Gasteiger charge is 2.16. The summed E-state index contributed by atoms with van der Waals surface area (Å²) < 4.78 is 6.61. The Kier molecular flexibility index (Phi) is 5.13. The number of aromatic amines is 1. The molecule has 0 spiro atoms. The first-order valence-corrected chi connectivity index (χ1v) is 10.3. The zero-order chi connectivity index (χ0) is 18.8. The van der Waals surface area contributed by atoms with E-state index in [1.807, 2.05) is 36.4 Å². The van der Waals surface area contributed by atoms with Crippen LogP contribution in [0, 0.1) is 0 Å². The molecule has 4 aromatic rings. The van der Waals surface area contributed by atoms with Crippen molar-refractivity contribution in [2.45, 2.75) is 18.6 Å². The van der Waals surface area contributed by atoms with Crippen LogP contribution in [0.5, 0.6) is 0 Å². The quantitative estimate of drug-likeness (QED) is 0.315. The van der Waals surface area contributed by atoms with Gasteiger partial charge in [0.1, 0.15) is 0 Å². The van der Waals surface area contributed by atoms with E-state index in [0.29, 0.717) is 16.7 Å². The maximum Gasteiger partial charge on any atom is 0.277 e. The fourth-order valence-electron chi connectivity index (χ4n) is 2.95. The van der Waals surface area contributed by atoms with E-state index in [1.165, 1.54) is 17.3 Å². The fraction of sp³-hybridized carbons (Fsp3) is 0.150. The largest absolute Gasteiger partial charge is 0.411 e. The highest BCUT2D eigenvalue weighted by atomic mass is 79.9. The highest BCUT2D eigenvalue weighted by Crippen LogP contribution is 2.27. The number of H-pyrrole nitrogens is 1. The number of hydrogen-bond acceptors (Lipinski definition) is 5. The minimum absolute atomic E-state index is 0.0294. The number of carbonyl (C=O) groups is 1. The molecule has 136 valence electrons. The van der Waals surface area contributed by atoms with Crippen LogP contribution in [-0.4, -0.2) is 26.7 Å². The van der Waals surface area contributed by atoms with Crippen molar-refractivity contribution in [3.05, 3.63) is 64.3 Å². The van der Waals surface area contributed by atoms with Crippen molar-refractivity contribution in [3.8, 4) is 11.5 Å². The zero-order valence-electron chi connectivity index (χ0n) is 14.5. The van der Waals surface area contributed by atoms with Gasteiger partial charge in [-0.1, -0.05) is 58.9 Å². The fourth-order valence-corrected chi connectivity index (χ4v) is 4.00. The van der Waals surface area contributed by atoms with Crippen molar-refractivity contribution < 1.29 is 9.21 Å². The number of hydrogen-bond donors (Lipinski definition) is 1. The van der Waals surface area contributed by atoms with E-state index in [2.05, 4.69) is 44.1 Å². The smallest absolute Gasteiger partial charge is 0.277 e. The lowest BCUT2D eigenvalue weighted by atomic mass is 10.1. The second kappa shape index (κ2) is 7.70. The molecule has 0 fully saturated rings. The van der Waals surface area contributed by atoms with E-state index >= 15 is 0 Å². The molecule has 0 aliphatic rings. The van der Waals surface area contributed by atoms with Crippen molar-refractivity contribution in [1.82, 2.24) is 15.2 Å². The van der Waals surface area contributed by atoms with Gasteiger partial charge in [-0.15, -0.1) is 10.2 Å². The average molecular weight is 442 g/mol. The van der Waals surface area contributed by atoms with Gasteiger partial charge < -0.3 is 9.40 Å². The number of nitrogens with one attached hydrogen (secondary N) is 1. The van der Waals surface area contributed by atoms with Crippen LogP contribution in [0.2, 0.25) is 0 Å². The molecule has 4 rings (SSSR count). The van der Waals surface area contributed by atoms with E-state index in [0.717, 1.165) is 27.4 Å². The number of halogens is 1. The number of aromatic nitrogens is 3.